The maximum atomic E-state index is 12.6. The van der Waals surface area contributed by atoms with Crippen LogP contribution in [0.1, 0.15) is 13.3 Å². The van der Waals surface area contributed by atoms with E-state index >= 15 is 0 Å². The fraction of sp³-hybridized carbons (Fsp3) is 0.312. The third-order valence-electron chi connectivity index (χ3n) is 4.44. The SMILES string of the molecule is CC[C@@H]1Cn2c(c3nc(-c4cc(Cl)cc(Cl)c4Cl)nc-3n(C)c2=O)N1.Cl. The zero-order valence-corrected chi connectivity index (χ0v) is 17.0. The van der Waals surface area contributed by atoms with Gasteiger partial charge in [0.15, 0.2) is 11.6 Å². The fourth-order valence-electron chi connectivity index (χ4n) is 3.07. The number of anilines is 1. The second-order valence-electron chi connectivity index (χ2n) is 6.02. The molecule has 10 heteroatoms. The first kappa shape index (κ1) is 19.3. The quantitative estimate of drug-likeness (QED) is 0.609. The number of nitrogens with zero attached hydrogens (tertiary/aromatic N) is 4. The van der Waals surface area contributed by atoms with Gasteiger partial charge < -0.3 is 5.32 Å². The molecule has 0 aliphatic carbocycles. The van der Waals surface area contributed by atoms with E-state index in [0.29, 0.717) is 50.3 Å². The van der Waals surface area contributed by atoms with Crippen LogP contribution in [0.15, 0.2) is 16.9 Å². The summed E-state index contributed by atoms with van der Waals surface area (Å²) in [5, 5.41) is 4.46. The number of hydrogen-bond donors (Lipinski definition) is 1. The minimum absolute atomic E-state index is 0. The van der Waals surface area contributed by atoms with Crippen molar-refractivity contribution in [2.24, 2.45) is 7.05 Å². The number of aromatic nitrogens is 4. The van der Waals surface area contributed by atoms with E-state index in [9.17, 15) is 4.79 Å². The van der Waals surface area contributed by atoms with E-state index in [1.165, 1.54) is 4.57 Å². The lowest BCUT2D eigenvalue weighted by molar-refractivity contribution is 0.590. The Hall–Kier alpha value is -1.47. The lowest BCUT2D eigenvalue weighted by Gasteiger charge is -2.10. The van der Waals surface area contributed by atoms with E-state index in [0.717, 1.165) is 6.42 Å². The van der Waals surface area contributed by atoms with Crippen LogP contribution in [0.5, 0.6) is 0 Å². The van der Waals surface area contributed by atoms with E-state index in [4.69, 9.17) is 34.8 Å². The van der Waals surface area contributed by atoms with Crippen molar-refractivity contribution in [1.29, 1.82) is 0 Å². The molecule has 1 aromatic rings. The van der Waals surface area contributed by atoms with Crippen LogP contribution in [0.4, 0.5) is 5.82 Å². The lowest BCUT2D eigenvalue weighted by Crippen LogP contribution is -2.30. The highest BCUT2D eigenvalue weighted by molar-refractivity contribution is 6.45. The first-order chi connectivity index (χ1) is 11.9. The van der Waals surface area contributed by atoms with Crippen LogP contribution in [0.3, 0.4) is 0 Å². The molecule has 0 bridgehead atoms. The first-order valence-electron chi connectivity index (χ1n) is 7.79. The third kappa shape index (κ3) is 2.85. The van der Waals surface area contributed by atoms with E-state index in [2.05, 4.69) is 22.2 Å². The summed E-state index contributed by atoms with van der Waals surface area (Å²) in [5.41, 5.74) is 1.03. The van der Waals surface area contributed by atoms with Gasteiger partial charge in [-0.2, -0.15) is 0 Å². The van der Waals surface area contributed by atoms with Crippen molar-refractivity contribution in [1.82, 2.24) is 19.1 Å². The maximum absolute atomic E-state index is 12.6. The van der Waals surface area contributed by atoms with Gasteiger partial charge in [0.05, 0.1) is 10.0 Å². The van der Waals surface area contributed by atoms with Crippen LogP contribution < -0.4 is 11.0 Å². The zero-order valence-electron chi connectivity index (χ0n) is 13.9. The molecule has 3 aliphatic heterocycles. The van der Waals surface area contributed by atoms with Gasteiger partial charge in [-0.1, -0.05) is 41.7 Å². The predicted molar refractivity (Wildman–Crippen MR) is 107 cm³/mol. The van der Waals surface area contributed by atoms with Crippen LogP contribution in [0.2, 0.25) is 15.1 Å². The molecular formula is C16H15Cl4N5O. The highest BCUT2D eigenvalue weighted by Crippen LogP contribution is 2.38. The molecule has 26 heavy (non-hydrogen) atoms. The molecule has 0 fully saturated rings. The molecule has 3 aliphatic rings. The Morgan fingerprint density at radius 3 is 2.69 bits per heavy atom. The minimum Gasteiger partial charge on any atom is -0.365 e. The summed E-state index contributed by atoms with van der Waals surface area (Å²) in [7, 11) is 1.68. The van der Waals surface area contributed by atoms with Crippen LogP contribution in [-0.2, 0) is 13.6 Å². The molecule has 0 radical (unpaired) electrons. The molecular weight excluding hydrogens is 420 g/mol. The molecule has 0 unspecified atom stereocenters. The Morgan fingerprint density at radius 1 is 1.27 bits per heavy atom. The van der Waals surface area contributed by atoms with Crippen molar-refractivity contribution in [2.45, 2.75) is 25.9 Å². The van der Waals surface area contributed by atoms with Crippen LogP contribution >= 0.6 is 47.2 Å². The normalized spacial score (nSPS) is 15.7. The molecule has 1 aromatic carbocycles. The minimum atomic E-state index is -0.132. The molecule has 138 valence electrons. The van der Waals surface area contributed by atoms with Gasteiger partial charge in [0.2, 0.25) is 0 Å². The Balaban J connectivity index is 0.00000196. The monoisotopic (exact) mass is 433 g/mol. The number of nitrogens with one attached hydrogen (secondary N) is 1. The first-order valence-corrected chi connectivity index (χ1v) is 8.92. The maximum Gasteiger partial charge on any atom is 0.331 e. The average molecular weight is 435 g/mol. The van der Waals surface area contributed by atoms with Gasteiger partial charge in [0.1, 0.15) is 11.5 Å². The van der Waals surface area contributed by atoms with E-state index in [-0.39, 0.29) is 24.1 Å². The standard InChI is InChI=1S/C16H14Cl3N5O.ClH/c1-3-8-6-24-15(20-8)12-14(23(2)16(24)25)22-13(21-12)9-4-7(17)5-10(18)11(9)19;/h4-5,8,20H,3,6H2,1-2H3;1H/t8-;/m1./s1. The molecule has 0 saturated carbocycles. The third-order valence-corrected chi connectivity index (χ3v) is 5.46. The summed E-state index contributed by atoms with van der Waals surface area (Å²) < 4.78 is 3.19. The Morgan fingerprint density at radius 2 is 2.00 bits per heavy atom. The summed E-state index contributed by atoms with van der Waals surface area (Å²) in [6.07, 6.45) is 0.906. The van der Waals surface area contributed by atoms with Crippen LogP contribution in [0, 0.1) is 0 Å². The van der Waals surface area contributed by atoms with Crippen LogP contribution in [-0.4, -0.2) is 25.1 Å². The number of rotatable bonds is 2. The molecule has 6 nitrogen and oxygen atoms in total. The number of fused-ring (bicyclic) bond motifs is 3. The van der Waals surface area contributed by atoms with Crippen molar-refractivity contribution in [3.8, 4) is 22.9 Å². The van der Waals surface area contributed by atoms with Gasteiger partial charge in [0, 0.05) is 30.2 Å². The van der Waals surface area contributed by atoms with Crippen molar-refractivity contribution in [2.75, 3.05) is 5.32 Å². The van der Waals surface area contributed by atoms with E-state index in [1.807, 2.05) is 0 Å². The Bertz CT molecular complexity index is 1030. The molecule has 0 amide bonds. The molecule has 4 rings (SSSR count). The number of hydrogen-bond acceptors (Lipinski definition) is 4. The highest BCUT2D eigenvalue weighted by atomic mass is 35.5. The molecule has 1 atom stereocenters. The topological polar surface area (TPSA) is 64.7 Å². The second-order valence-corrected chi connectivity index (χ2v) is 7.24. The highest BCUT2D eigenvalue weighted by Gasteiger charge is 2.30. The summed E-state index contributed by atoms with van der Waals surface area (Å²) in [5.74, 6) is 1.56. The Kier molecular flexibility index (Phi) is 5.14. The van der Waals surface area contributed by atoms with Crippen LogP contribution in [0.25, 0.3) is 22.9 Å². The van der Waals surface area contributed by atoms with Crippen molar-refractivity contribution in [3.05, 3.63) is 37.7 Å². The molecule has 3 heterocycles. The van der Waals surface area contributed by atoms with E-state index in [1.54, 1.807) is 23.7 Å². The number of imidazole rings is 1. The number of halogens is 4. The Labute approximate surface area is 170 Å². The number of benzene rings is 1. The molecule has 0 spiro atoms. The van der Waals surface area contributed by atoms with Gasteiger partial charge in [-0.25, -0.2) is 14.8 Å². The lowest BCUT2D eigenvalue weighted by atomic mass is 10.2. The van der Waals surface area contributed by atoms with Gasteiger partial charge in [0.25, 0.3) is 0 Å². The van der Waals surface area contributed by atoms with Crippen molar-refractivity contribution >= 4 is 53.0 Å². The average Bonchev–Trinajstić information content (AvgIpc) is 3.20. The predicted octanol–water partition coefficient (Wildman–Crippen LogP) is 4.33. The van der Waals surface area contributed by atoms with Gasteiger partial charge >= 0.3 is 5.69 Å². The molecule has 1 N–H and O–H groups in total. The van der Waals surface area contributed by atoms with Gasteiger partial charge in [-0.15, -0.1) is 12.4 Å². The molecule has 0 saturated heterocycles. The fourth-order valence-corrected chi connectivity index (χ4v) is 3.75. The second kappa shape index (κ2) is 6.93. The molecule has 0 aromatic heterocycles. The smallest absolute Gasteiger partial charge is 0.331 e. The summed E-state index contributed by atoms with van der Waals surface area (Å²) >= 11 is 18.5. The van der Waals surface area contributed by atoms with Gasteiger partial charge in [-0.3, -0.25) is 9.13 Å². The van der Waals surface area contributed by atoms with E-state index < -0.39 is 0 Å². The summed E-state index contributed by atoms with van der Waals surface area (Å²) in [6.45, 7) is 2.68. The van der Waals surface area contributed by atoms with Crippen molar-refractivity contribution in [3.63, 3.8) is 0 Å². The van der Waals surface area contributed by atoms with Gasteiger partial charge in [-0.05, 0) is 18.6 Å². The summed E-state index contributed by atoms with van der Waals surface area (Å²) in [6, 6.07) is 3.43. The zero-order chi connectivity index (χ0) is 17.9. The largest absolute Gasteiger partial charge is 0.365 e. The summed E-state index contributed by atoms with van der Waals surface area (Å²) in [4.78, 5) is 21.7. The van der Waals surface area contributed by atoms with Crippen molar-refractivity contribution < 1.29 is 0 Å².